The van der Waals surface area contributed by atoms with Crippen molar-refractivity contribution in [2.45, 2.75) is 78.1 Å². The van der Waals surface area contributed by atoms with Crippen LogP contribution in [-0.2, 0) is 29.4 Å². The number of esters is 1. The average molecular weight is 346 g/mol. The molecule has 0 aliphatic carbocycles. The third-order valence-corrected chi connectivity index (χ3v) is 3.45. The fourth-order valence-electron chi connectivity index (χ4n) is 2.05. The molecular formula is C18H34O6. The quantitative estimate of drug-likeness (QED) is 0.116. The predicted molar refractivity (Wildman–Crippen MR) is 91.7 cm³/mol. The van der Waals surface area contributed by atoms with E-state index in [2.05, 4.69) is 28.5 Å². The first kappa shape index (κ1) is 23.1. The Bertz CT molecular complexity index is 306. The highest BCUT2D eigenvalue weighted by Gasteiger charge is 2.02. The lowest BCUT2D eigenvalue weighted by Gasteiger charge is -2.04. The summed E-state index contributed by atoms with van der Waals surface area (Å²) in [6, 6.07) is 0. The molecular weight excluding hydrogens is 312 g/mol. The van der Waals surface area contributed by atoms with Crippen LogP contribution in [0.4, 0.5) is 0 Å². The molecule has 0 unspecified atom stereocenters. The van der Waals surface area contributed by atoms with Gasteiger partial charge in [-0.1, -0.05) is 71.3 Å². The highest BCUT2D eigenvalue weighted by atomic mass is 17.7. The average Bonchev–Trinajstić information content (AvgIpc) is 2.57. The van der Waals surface area contributed by atoms with E-state index in [0.717, 1.165) is 12.8 Å². The summed E-state index contributed by atoms with van der Waals surface area (Å²) in [5, 5.41) is 8.72. The predicted octanol–water partition coefficient (Wildman–Crippen LogP) is 4.84. The number of carbonyl (C=O) groups excluding carboxylic acids is 1. The highest BCUT2D eigenvalue weighted by Crippen LogP contribution is 2.10. The second-order valence-corrected chi connectivity index (χ2v) is 5.88. The lowest BCUT2D eigenvalue weighted by atomic mass is 10.1. The summed E-state index contributed by atoms with van der Waals surface area (Å²) in [7, 11) is 0. The minimum Gasteiger partial charge on any atom is -0.460 e. The summed E-state index contributed by atoms with van der Waals surface area (Å²) in [5.74, 6) is -0.461. The highest BCUT2D eigenvalue weighted by molar-refractivity contribution is 5.86. The van der Waals surface area contributed by atoms with E-state index < -0.39 is 5.97 Å². The van der Waals surface area contributed by atoms with Crippen LogP contribution in [-0.4, -0.2) is 25.8 Å². The largest absolute Gasteiger partial charge is 0.460 e. The molecule has 0 rings (SSSR count). The van der Waals surface area contributed by atoms with E-state index in [1.54, 1.807) is 6.92 Å². The standard InChI is InChI=1S/C18H34O6/c1-4-5-6-7-8-9-10-11-12-13-14-21-23-24-22-16-15-20-18(19)17(2)3/h2,4-16H2,1,3H3. The van der Waals surface area contributed by atoms with Gasteiger partial charge in [0.15, 0.2) is 0 Å². The molecule has 0 aromatic carbocycles. The van der Waals surface area contributed by atoms with Gasteiger partial charge in [0.1, 0.15) is 13.2 Å². The molecule has 0 radical (unpaired) electrons. The van der Waals surface area contributed by atoms with Gasteiger partial charge in [-0.3, -0.25) is 0 Å². The van der Waals surface area contributed by atoms with Crippen LogP contribution in [0.1, 0.15) is 78.1 Å². The van der Waals surface area contributed by atoms with Crippen LogP contribution < -0.4 is 0 Å². The Morgan fingerprint density at radius 3 is 1.79 bits per heavy atom. The third-order valence-electron chi connectivity index (χ3n) is 3.45. The molecule has 0 saturated heterocycles. The van der Waals surface area contributed by atoms with Gasteiger partial charge in [-0.2, -0.15) is 0 Å². The van der Waals surface area contributed by atoms with Crippen molar-refractivity contribution in [3.63, 3.8) is 0 Å². The third kappa shape index (κ3) is 17.4. The summed E-state index contributed by atoms with van der Waals surface area (Å²) < 4.78 is 4.78. The van der Waals surface area contributed by atoms with Crippen molar-refractivity contribution in [1.82, 2.24) is 0 Å². The van der Waals surface area contributed by atoms with E-state index in [-0.39, 0.29) is 13.2 Å². The number of unbranched alkanes of at least 4 members (excludes halogenated alkanes) is 9. The van der Waals surface area contributed by atoms with Gasteiger partial charge < -0.3 is 4.74 Å². The molecule has 0 amide bonds. The summed E-state index contributed by atoms with van der Waals surface area (Å²) in [4.78, 5) is 20.4. The second-order valence-electron chi connectivity index (χ2n) is 5.88. The van der Waals surface area contributed by atoms with Crippen molar-refractivity contribution in [2.24, 2.45) is 0 Å². The molecule has 0 heterocycles. The van der Waals surface area contributed by atoms with Crippen LogP contribution in [0.3, 0.4) is 0 Å². The summed E-state index contributed by atoms with van der Waals surface area (Å²) in [6.45, 7) is 7.86. The Morgan fingerprint density at radius 2 is 1.25 bits per heavy atom. The molecule has 6 heteroatoms. The van der Waals surface area contributed by atoms with Crippen LogP contribution in [0.2, 0.25) is 0 Å². The van der Waals surface area contributed by atoms with Gasteiger partial charge in [0.05, 0.1) is 6.61 Å². The van der Waals surface area contributed by atoms with Crippen molar-refractivity contribution in [3.05, 3.63) is 12.2 Å². The minimum absolute atomic E-state index is 0.0562. The van der Waals surface area contributed by atoms with Crippen molar-refractivity contribution in [3.8, 4) is 0 Å². The molecule has 0 atom stereocenters. The number of hydrogen-bond acceptors (Lipinski definition) is 6. The molecule has 0 bridgehead atoms. The molecule has 0 aromatic heterocycles. The van der Waals surface area contributed by atoms with Crippen LogP contribution in [0, 0.1) is 0 Å². The fraction of sp³-hybridized carbons (Fsp3) is 0.833. The molecule has 0 spiro atoms. The van der Waals surface area contributed by atoms with Gasteiger partial charge in [-0.15, -0.1) is 0 Å². The van der Waals surface area contributed by atoms with E-state index in [1.165, 1.54) is 51.4 Å². The van der Waals surface area contributed by atoms with E-state index >= 15 is 0 Å². The van der Waals surface area contributed by atoms with E-state index in [1.807, 2.05) is 0 Å². The zero-order valence-corrected chi connectivity index (χ0v) is 15.3. The van der Waals surface area contributed by atoms with Gasteiger partial charge in [-0.25, -0.2) is 14.6 Å². The summed E-state index contributed by atoms with van der Waals surface area (Å²) in [5.41, 5.74) is 0.340. The van der Waals surface area contributed by atoms with Gasteiger partial charge in [-0.05, 0) is 23.4 Å². The Balaban J connectivity index is 3.05. The lowest BCUT2D eigenvalue weighted by molar-refractivity contribution is -0.634. The molecule has 0 aliphatic rings. The van der Waals surface area contributed by atoms with Gasteiger partial charge in [0.25, 0.3) is 0 Å². The topological polar surface area (TPSA) is 63.2 Å². The minimum atomic E-state index is -0.461. The first-order valence-corrected chi connectivity index (χ1v) is 9.08. The Hall–Kier alpha value is -0.950. The summed E-state index contributed by atoms with van der Waals surface area (Å²) >= 11 is 0. The van der Waals surface area contributed by atoms with E-state index in [4.69, 9.17) is 9.62 Å². The van der Waals surface area contributed by atoms with Crippen LogP contribution >= 0.6 is 0 Å². The molecule has 6 nitrogen and oxygen atoms in total. The van der Waals surface area contributed by atoms with Crippen LogP contribution in [0.15, 0.2) is 12.2 Å². The van der Waals surface area contributed by atoms with Gasteiger partial charge in [0.2, 0.25) is 0 Å². The smallest absolute Gasteiger partial charge is 0.333 e. The monoisotopic (exact) mass is 346 g/mol. The van der Waals surface area contributed by atoms with Gasteiger partial charge >= 0.3 is 5.97 Å². The maximum absolute atomic E-state index is 11.0. The van der Waals surface area contributed by atoms with Crippen molar-refractivity contribution >= 4 is 5.97 Å². The number of carbonyl (C=O) groups is 1. The fourth-order valence-corrected chi connectivity index (χ4v) is 2.05. The van der Waals surface area contributed by atoms with E-state index in [0.29, 0.717) is 12.2 Å². The Labute approximate surface area is 146 Å². The molecule has 142 valence electrons. The second kappa shape index (κ2) is 18.4. The number of hydrogen-bond donors (Lipinski definition) is 0. The number of rotatable bonds is 18. The molecule has 0 N–H and O–H groups in total. The molecule has 0 aromatic rings. The lowest BCUT2D eigenvalue weighted by Crippen LogP contribution is -2.11. The molecule has 0 saturated carbocycles. The maximum atomic E-state index is 11.0. The zero-order chi connectivity index (χ0) is 17.9. The normalized spacial score (nSPS) is 10.8. The SMILES string of the molecule is C=C(C)C(=O)OCCOOOOCCCCCCCCCCCC. The Kier molecular flexibility index (Phi) is 17.7. The van der Waals surface area contributed by atoms with E-state index in [9.17, 15) is 4.79 Å². The molecule has 0 fully saturated rings. The first-order valence-electron chi connectivity index (χ1n) is 9.08. The summed E-state index contributed by atoms with van der Waals surface area (Å²) in [6.07, 6.45) is 12.7. The van der Waals surface area contributed by atoms with Crippen molar-refractivity contribution in [1.29, 1.82) is 0 Å². The number of ether oxygens (including phenoxy) is 1. The van der Waals surface area contributed by atoms with Crippen LogP contribution in [0.25, 0.3) is 0 Å². The maximum Gasteiger partial charge on any atom is 0.333 e. The molecule has 0 aliphatic heterocycles. The Morgan fingerprint density at radius 1 is 0.750 bits per heavy atom. The zero-order valence-electron chi connectivity index (χ0n) is 15.3. The van der Waals surface area contributed by atoms with Crippen molar-refractivity contribution in [2.75, 3.05) is 19.8 Å². The first-order chi connectivity index (χ1) is 11.7. The van der Waals surface area contributed by atoms with Crippen molar-refractivity contribution < 1.29 is 29.4 Å². The molecule has 24 heavy (non-hydrogen) atoms. The van der Waals surface area contributed by atoms with Crippen LogP contribution in [0.5, 0.6) is 0 Å². The van der Waals surface area contributed by atoms with Gasteiger partial charge in [0, 0.05) is 5.57 Å².